The number of hydrogen-bond donors (Lipinski definition) is 1. The largest absolute Gasteiger partial charge is 0.495 e. The second-order valence-electron chi connectivity index (χ2n) is 3.28. The van der Waals surface area contributed by atoms with Crippen LogP contribution >= 0.6 is 0 Å². The molecular weight excluding hydrogens is 273 g/mol. The molecule has 0 saturated heterocycles. The topological polar surface area (TPSA) is 63.6 Å². The third-order valence-electron chi connectivity index (χ3n) is 2.14. The average Bonchev–Trinajstić information content (AvgIpc) is 2.25. The van der Waals surface area contributed by atoms with E-state index in [9.17, 15) is 22.2 Å². The Morgan fingerprint density at radius 3 is 2.28 bits per heavy atom. The van der Waals surface area contributed by atoms with Gasteiger partial charge in [-0.15, -0.1) is 0 Å². The first kappa shape index (κ1) is 14.5. The van der Waals surface area contributed by atoms with E-state index in [2.05, 4.69) is 4.74 Å². The highest BCUT2D eigenvalue weighted by atomic mass is 32.2. The van der Waals surface area contributed by atoms with Crippen LogP contribution in [0.4, 0.5) is 13.2 Å². The molecule has 100 valence electrons. The maximum Gasteiger partial charge on any atom is 0.417 e. The zero-order valence-electron chi connectivity index (χ0n) is 9.37. The first-order valence-corrected chi connectivity index (χ1v) is 6.10. The lowest BCUT2D eigenvalue weighted by atomic mass is 10.1. The standard InChI is InChI=1S/C10H9F3O4S/c1-17-7-5(9(14)15)3-4-6(10(11,12)13)8(7)18(2)16/h3-4H,1-2H3,(H,14,15). The van der Waals surface area contributed by atoms with Crippen LogP contribution in [0.25, 0.3) is 0 Å². The normalized spacial score (nSPS) is 13.2. The molecule has 4 nitrogen and oxygen atoms in total. The Kier molecular flexibility index (Phi) is 4.00. The number of hydrogen-bond acceptors (Lipinski definition) is 3. The van der Waals surface area contributed by atoms with Crippen LogP contribution in [-0.4, -0.2) is 28.7 Å². The van der Waals surface area contributed by atoms with Gasteiger partial charge in [-0.3, -0.25) is 4.21 Å². The first-order valence-electron chi connectivity index (χ1n) is 4.55. The number of carboxylic acids is 1. The Morgan fingerprint density at radius 2 is 1.94 bits per heavy atom. The number of aromatic carboxylic acids is 1. The Hall–Kier alpha value is -1.57. The minimum absolute atomic E-state index is 0.462. The minimum atomic E-state index is -4.73. The molecule has 1 atom stereocenters. The molecule has 1 aromatic rings. The zero-order chi connectivity index (χ0) is 14.1. The number of carboxylic acid groups (broad SMARTS) is 1. The van der Waals surface area contributed by atoms with Gasteiger partial charge in [-0.2, -0.15) is 13.2 Å². The Bertz CT molecular complexity index is 511. The van der Waals surface area contributed by atoms with Gasteiger partial charge in [0.15, 0.2) is 0 Å². The molecular formula is C10H9F3O4S. The van der Waals surface area contributed by atoms with Gasteiger partial charge in [-0.25, -0.2) is 4.79 Å². The average molecular weight is 282 g/mol. The summed E-state index contributed by atoms with van der Waals surface area (Å²) in [6, 6.07) is 1.36. The van der Waals surface area contributed by atoms with Crippen molar-refractivity contribution in [1.29, 1.82) is 0 Å². The summed E-state index contributed by atoms with van der Waals surface area (Å²) in [7, 11) is -1.01. The summed E-state index contributed by atoms with van der Waals surface area (Å²) in [4.78, 5) is 10.2. The van der Waals surface area contributed by atoms with E-state index >= 15 is 0 Å². The van der Waals surface area contributed by atoms with E-state index in [1.807, 2.05) is 0 Å². The highest BCUT2D eigenvalue weighted by Gasteiger charge is 2.37. The number of rotatable bonds is 3. The van der Waals surface area contributed by atoms with Crippen LogP contribution in [0.2, 0.25) is 0 Å². The maximum absolute atomic E-state index is 12.7. The molecule has 1 unspecified atom stereocenters. The monoisotopic (exact) mass is 282 g/mol. The van der Waals surface area contributed by atoms with E-state index in [1.54, 1.807) is 0 Å². The van der Waals surface area contributed by atoms with Crippen LogP contribution in [-0.2, 0) is 17.0 Å². The summed E-state index contributed by atoms with van der Waals surface area (Å²) in [5, 5.41) is 8.84. The van der Waals surface area contributed by atoms with Gasteiger partial charge in [0, 0.05) is 6.26 Å². The number of halogens is 3. The Balaban J connectivity index is 3.70. The lowest BCUT2D eigenvalue weighted by molar-refractivity contribution is -0.140. The fourth-order valence-electron chi connectivity index (χ4n) is 1.44. The van der Waals surface area contributed by atoms with Crippen LogP contribution < -0.4 is 4.74 Å². The molecule has 0 amide bonds. The number of methoxy groups -OCH3 is 1. The van der Waals surface area contributed by atoms with E-state index in [4.69, 9.17) is 5.11 Å². The predicted molar refractivity (Wildman–Crippen MR) is 57.3 cm³/mol. The van der Waals surface area contributed by atoms with E-state index in [0.29, 0.717) is 6.07 Å². The van der Waals surface area contributed by atoms with Crippen molar-refractivity contribution in [2.75, 3.05) is 13.4 Å². The van der Waals surface area contributed by atoms with Crippen LogP contribution in [0, 0.1) is 0 Å². The highest BCUT2D eigenvalue weighted by Crippen LogP contribution is 2.39. The summed E-state index contributed by atoms with van der Waals surface area (Å²) in [5.74, 6) is -1.98. The number of alkyl halides is 3. The highest BCUT2D eigenvalue weighted by molar-refractivity contribution is 7.84. The first-order chi connectivity index (χ1) is 8.20. The van der Waals surface area contributed by atoms with E-state index in [0.717, 1.165) is 19.4 Å². The molecule has 0 aliphatic carbocycles. The van der Waals surface area contributed by atoms with E-state index in [-0.39, 0.29) is 0 Å². The van der Waals surface area contributed by atoms with E-state index < -0.39 is 44.7 Å². The van der Waals surface area contributed by atoms with Crippen LogP contribution in [0.5, 0.6) is 5.75 Å². The second-order valence-corrected chi connectivity index (χ2v) is 4.60. The van der Waals surface area contributed by atoms with Crippen molar-refractivity contribution in [1.82, 2.24) is 0 Å². The van der Waals surface area contributed by atoms with Gasteiger partial charge in [-0.05, 0) is 12.1 Å². The van der Waals surface area contributed by atoms with Gasteiger partial charge in [0.25, 0.3) is 0 Å². The van der Waals surface area contributed by atoms with Gasteiger partial charge < -0.3 is 9.84 Å². The molecule has 0 saturated carbocycles. The van der Waals surface area contributed by atoms with Crippen molar-refractivity contribution >= 4 is 16.8 Å². The molecule has 0 aliphatic rings. The molecule has 0 aromatic heterocycles. The predicted octanol–water partition coefficient (Wildman–Crippen LogP) is 2.15. The quantitative estimate of drug-likeness (QED) is 0.922. The molecule has 1 aromatic carbocycles. The molecule has 0 spiro atoms. The van der Waals surface area contributed by atoms with Crippen molar-refractivity contribution in [3.63, 3.8) is 0 Å². The van der Waals surface area contributed by atoms with Gasteiger partial charge in [0.1, 0.15) is 11.3 Å². The smallest absolute Gasteiger partial charge is 0.417 e. The summed E-state index contributed by atoms with van der Waals surface area (Å²) in [6.07, 6.45) is -3.70. The molecule has 18 heavy (non-hydrogen) atoms. The summed E-state index contributed by atoms with van der Waals surface area (Å²) in [6.45, 7) is 0. The lowest BCUT2D eigenvalue weighted by Gasteiger charge is -2.16. The van der Waals surface area contributed by atoms with Crippen LogP contribution in [0.1, 0.15) is 15.9 Å². The molecule has 1 N–H and O–H groups in total. The van der Waals surface area contributed by atoms with Crippen molar-refractivity contribution < 1.29 is 32.0 Å². The van der Waals surface area contributed by atoms with Crippen LogP contribution in [0.3, 0.4) is 0 Å². The fourth-order valence-corrected chi connectivity index (χ4v) is 2.39. The van der Waals surface area contributed by atoms with Gasteiger partial charge >= 0.3 is 12.1 Å². The molecule has 0 fully saturated rings. The SMILES string of the molecule is COc1c(C(=O)O)ccc(C(F)(F)F)c1S(C)=O. The molecule has 0 heterocycles. The number of ether oxygens (including phenoxy) is 1. The fraction of sp³-hybridized carbons (Fsp3) is 0.300. The van der Waals surface area contributed by atoms with Gasteiger partial charge in [-0.1, -0.05) is 0 Å². The van der Waals surface area contributed by atoms with Crippen molar-refractivity contribution in [2.45, 2.75) is 11.1 Å². The third-order valence-corrected chi connectivity index (χ3v) is 3.12. The molecule has 0 radical (unpaired) electrons. The van der Waals surface area contributed by atoms with Crippen LogP contribution in [0.15, 0.2) is 17.0 Å². The molecule has 8 heteroatoms. The summed E-state index contributed by atoms with van der Waals surface area (Å²) >= 11 is 0. The van der Waals surface area contributed by atoms with Crippen molar-refractivity contribution in [2.24, 2.45) is 0 Å². The van der Waals surface area contributed by atoms with Gasteiger partial charge in [0.2, 0.25) is 0 Å². The number of benzene rings is 1. The maximum atomic E-state index is 12.7. The van der Waals surface area contributed by atoms with E-state index in [1.165, 1.54) is 0 Å². The third kappa shape index (κ3) is 2.63. The molecule has 0 aliphatic heterocycles. The summed E-state index contributed by atoms with van der Waals surface area (Å²) in [5.41, 5.74) is -1.62. The molecule has 1 rings (SSSR count). The lowest BCUT2D eigenvalue weighted by Crippen LogP contribution is -2.13. The van der Waals surface area contributed by atoms with Crippen molar-refractivity contribution in [3.8, 4) is 5.75 Å². The van der Waals surface area contributed by atoms with Gasteiger partial charge in [0.05, 0.1) is 28.4 Å². The Labute approximate surface area is 103 Å². The minimum Gasteiger partial charge on any atom is -0.495 e. The molecule has 0 bridgehead atoms. The zero-order valence-corrected chi connectivity index (χ0v) is 10.2. The summed E-state index contributed by atoms with van der Waals surface area (Å²) < 4.78 is 54.2. The van der Waals surface area contributed by atoms with Crippen molar-refractivity contribution in [3.05, 3.63) is 23.3 Å². The Morgan fingerprint density at radius 1 is 1.39 bits per heavy atom. The number of carbonyl (C=O) groups is 1. The second kappa shape index (κ2) is 4.97.